The summed E-state index contributed by atoms with van der Waals surface area (Å²) in [5.74, 6) is 0.533. The second-order valence-corrected chi connectivity index (χ2v) is 4.19. The molecule has 1 amide bonds. The number of nitrogens with zero attached hydrogens (tertiary/aromatic N) is 2. The number of rotatable bonds is 4. The van der Waals surface area contributed by atoms with E-state index in [9.17, 15) is 4.79 Å². The molecule has 2 rings (SSSR count). The van der Waals surface area contributed by atoms with Gasteiger partial charge >= 0.3 is 0 Å². The SMILES string of the molecule is CCOc1ccc(C(=O)Nc2ccnc(Cl)n2)cc1N. The quantitative estimate of drug-likeness (QED) is 0.667. The molecule has 0 atom stereocenters. The zero-order valence-electron chi connectivity index (χ0n) is 10.8. The molecular weight excluding hydrogens is 280 g/mol. The normalized spacial score (nSPS) is 10.1. The van der Waals surface area contributed by atoms with Gasteiger partial charge in [0.25, 0.3) is 5.91 Å². The van der Waals surface area contributed by atoms with Crippen LogP contribution in [0, 0.1) is 0 Å². The maximum atomic E-state index is 12.0. The second-order valence-electron chi connectivity index (χ2n) is 3.85. The Hall–Kier alpha value is -2.34. The Bertz CT molecular complexity index is 634. The number of carbonyl (C=O) groups excluding carboxylic acids is 1. The molecule has 0 fully saturated rings. The van der Waals surface area contributed by atoms with Crippen LogP contribution in [0.3, 0.4) is 0 Å². The second kappa shape index (κ2) is 6.21. The Balaban J connectivity index is 2.15. The highest BCUT2D eigenvalue weighted by Crippen LogP contribution is 2.23. The van der Waals surface area contributed by atoms with Gasteiger partial charge in [0, 0.05) is 11.8 Å². The zero-order valence-corrected chi connectivity index (χ0v) is 11.5. The fraction of sp³-hybridized carbons (Fsp3) is 0.154. The molecule has 1 aromatic carbocycles. The van der Waals surface area contributed by atoms with Crippen LogP contribution >= 0.6 is 11.6 Å². The average Bonchev–Trinajstić information content (AvgIpc) is 2.41. The Labute approximate surface area is 120 Å². The largest absolute Gasteiger partial charge is 0.492 e. The molecule has 0 aliphatic rings. The number of anilines is 2. The van der Waals surface area contributed by atoms with Gasteiger partial charge in [-0.2, -0.15) is 0 Å². The molecule has 0 spiro atoms. The number of amides is 1. The third-order valence-corrected chi connectivity index (χ3v) is 2.62. The summed E-state index contributed by atoms with van der Waals surface area (Å²) in [6.45, 7) is 2.37. The molecule has 104 valence electrons. The molecule has 0 unspecified atom stereocenters. The molecule has 0 aliphatic carbocycles. The van der Waals surface area contributed by atoms with Crippen molar-refractivity contribution in [1.29, 1.82) is 0 Å². The van der Waals surface area contributed by atoms with E-state index in [2.05, 4.69) is 15.3 Å². The lowest BCUT2D eigenvalue weighted by Crippen LogP contribution is -2.13. The van der Waals surface area contributed by atoms with Crippen molar-refractivity contribution in [2.45, 2.75) is 6.92 Å². The number of aromatic nitrogens is 2. The van der Waals surface area contributed by atoms with E-state index in [0.717, 1.165) is 0 Å². The van der Waals surface area contributed by atoms with Crippen LogP contribution < -0.4 is 15.8 Å². The minimum Gasteiger partial charge on any atom is -0.492 e. The van der Waals surface area contributed by atoms with Crippen LogP contribution in [-0.2, 0) is 0 Å². The summed E-state index contributed by atoms with van der Waals surface area (Å²) < 4.78 is 5.31. The lowest BCUT2D eigenvalue weighted by molar-refractivity contribution is 0.102. The van der Waals surface area contributed by atoms with Crippen molar-refractivity contribution >= 4 is 29.0 Å². The highest BCUT2D eigenvalue weighted by Gasteiger charge is 2.10. The highest BCUT2D eigenvalue weighted by atomic mass is 35.5. The number of nitrogens with two attached hydrogens (primary N) is 1. The van der Waals surface area contributed by atoms with Crippen LogP contribution in [0.4, 0.5) is 11.5 Å². The maximum Gasteiger partial charge on any atom is 0.256 e. The van der Waals surface area contributed by atoms with Gasteiger partial charge in [0.05, 0.1) is 12.3 Å². The topological polar surface area (TPSA) is 90.1 Å². The molecule has 3 N–H and O–H groups in total. The molecule has 20 heavy (non-hydrogen) atoms. The molecule has 0 saturated heterocycles. The Morgan fingerprint density at radius 2 is 2.25 bits per heavy atom. The number of ether oxygens (including phenoxy) is 1. The van der Waals surface area contributed by atoms with Gasteiger partial charge in [0.2, 0.25) is 5.28 Å². The molecule has 0 aliphatic heterocycles. The molecule has 1 heterocycles. The van der Waals surface area contributed by atoms with Crippen molar-refractivity contribution < 1.29 is 9.53 Å². The molecule has 0 radical (unpaired) electrons. The van der Waals surface area contributed by atoms with Crippen molar-refractivity contribution in [2.24, 2.45) is 0 Å². The van der Waals surface area contributed by atoms with E-state index in [-0.39, 0.29) is 11.2 Å². The van der Waals surface area contributed by atoms with Crippen LogP contribution in [-0.4, -0.2) is 22.5 Å². The molecule has 7 heteroatoms. The van der Waals surface area contributed by atoms with E-state index in [1.54, 1.807) is 24.3 Å². The standard InChI is InChI=1S/C13H13ClN4O2/c1-2-20-10-4-3-8(7-9(10)15)12(19)17-11-5-6-16-13(14)18-11/h3-7H,2,15H2,1H3,(H,16,17,18,19). The van der Waals surface area contributed by atoms with Gasteiger partial charge in [0.15, 0.2) is 0 Å². The van der Waals surface area contributed by atoms with Crippen LogP contribution in [0.25, 0.3) is 0 Å². The van der Waals surface area contributed by atoms with Gasteiger partial charge in [-0.25, -0.2) is 9.97 Å². The van der Waals surface area contributed by atoms with Crippen LogP contribution in [0.15, 0.2) is 30.5 Å². The smallest absolute Gasteiger partial charge is 0.256 e. The monoisotopic (exact) mass is 292 g/mol. The first-order chi connectivity index (χ1) is 9.60. The predicted octanol–water partition coefficient (Wildman–Crippen LogP) is 2.36. The summed E-state index contributed by atoms with van der Waals surface area (Å²) in [5, 5.41) is 2.67. The van der Waals surface area contributed by atoms with Gasteiger partial charge in [-0.1, -0.05) is 0 Å². The predicted molar refractivity (Wildman–Crippen MR) is 77.0 cm³/mol. The van der Waals surface area contributed by atoms with Crippen molar-refractivity contribution in [1.82, 2.24) is 9.97 Å². The third-order valence-electron chi connectivity index (χ3n) is 2.44. The summed E-state index contributed by atoms with van der Waals surface area (Å²) in [6, 6.07) is 6.37. The summed E-state index contributed by atoms with van der Waals surface area (Å²) in [7, 11) is 0. The van der Waals surface area contributed by atoms with Crippen molar-refractivity contribution in [3.63, 3.8) is 0 Å². The first-order valence-electron chi connectivity index (χ1n) is 5.92. The van der Waals surface area contributed by atoms with E-state index < -0.39 is 0 Å². The number of halogens is 1. The number of hydrogen-bond acceptors (Lipinski definition) is 5. The molecule has 1 aromatic heterocycles. The Kier molecular flexibility index (Phi) is 4.37. The lowest BCUT2D eigenvalue weighted by Gasteiger charge is -2.09. The van der Waals surface area contributed by atoms with Crippen molar-refractivity contribution in [3.8, 4) is 5.75 Å². The first kappa shape index (κ1) is 14.1. The van der Waals surface area contributed by atoms with E-state index in [0.29, 0.717) is 29.4 Å². The number of benzene rings is 1. The highest BCUT2D eigenvalue weighted by molar-refractivity contribution is 6.28. The molecular formula is C13H13ClN4O2. The van der Waals surface area contributed by atoms with Gasteiger partial charge in [0.1, 0.15) is 11.6 Å². The number of nitrogen functional groups attached to an aromatic ring is 1. The van der Waals surface area contributed by atoms with Crippen molar-refractivity contribution in [2.75, 3.05) is 17.7 Å². The Morgan fingerprint density at radius 1 is 1.45 bits per heavy atom. The van der Waals surface area contributed by atoms with Crippen LogP contribution in [0.1, 0.15) is 17.3 Å². The van der Waals surface area contributed by atoms with E-state index in [1.165, 1.54) is 6.20 Å². The summed E-state index contributed by atoms with van der Waals surface area (Å²) in [4.78, 5) is 19.6. The van der Waals surface area contributed by atoms with Gasteiger partial charge in [-0.15, -0.1) is 0 Å². The van der Waals surface area contributed by atoms with Gasteiger partial charge in [-0.3, -0.25) is 4.79 Å². The van der Waals surface area contributed by atoms with Crippen LogP contribution in [0.2, 0.25) is 5.28 Å². The Morgan fingerprint density at radius 3 is 2.90 bits per heavy atom. The minimum atomic E-state index is -0.338. The number of hydrogen-bond donors (Lipinski definition) is 2. The molecule has 2 aromatic rings. The average molecular weight is 293 g/mol. The minimum absolute atomic E-state index is 0.0639. The van der Waals surface area contributed by atoms with Crippen LogP contribution in [0.5, 0.6) is 5.75 Å². The van der Waals surface area contributed by atoms with Gasteiger partial charge in [-0.05, 0) is 42.8 Å². The molecule has 6 nitrogen and oxygen atoms in total. The summed E-state index contributed by atoms with van der Waals surface area (Å²) in [6.07, 6.45) is 1.46. The molecule has 0 saturated carbocycles. The van der Waals surface area contributed by atoms with Crippen molar-refractivity contribution in [3.05, 3.63) is 41.3 Å². The molecule has 0 bridgehead atoms. The van der Waals surface area contributed by atoms with E-state index >= 15 is 0 Å². The number of nitrogens with one attached hydrogen (secondary N) is 1. The summed E-state index contributed by atoms with van der Waals surface area (Å²) in [5.41, 5.74) is 6.62. The number of carbonyl (C=O) groups is 1. The van der Waals surface area contributed by atoms with E-state index in [1.807, 2.05) is 6.92 Å². The fourth-order valence-corrected chi connectivity index (χ4v) is 1.72. The maximum absolute atomic E-state index is 12.0. The zero-order chi connectivity index (χ0) is 14.5. The lowest BCUT2D eigenvalue weighted by atomic mass is 10.1. The summed E-state index contributed by atoms with van der Waals surface area (Å²) >= 11 is 5.65. The fourth-order valence-electron chi connectivity index (χ4n) is 1.57. The first-order valence-corrected chi connectivity index (χ1v) is 6.30. The van der Waals surface area contributed by atoms with Gasteiger partial charge < -0.3 is 15.8 Å². The van der Waals surface area contributed by atoms with E-state index in [4.69, 9.17) is 22.1 Å². The third kappa shape index (κ3) is 3.36.